The van der Waals surface area contributed by atoms with Crippen LogP contribution in [0.3, 0.4) is 0 Å². The molecule has 0 radical (unpaired) electrons. The first-order valence-corrected chi connectivity index (χ1v) is 20.1. The lowest BCUT2D eigenvalue weighted by molar-refractivity contribution is -0.146. The second-order valence-corrected chi connectivity index (χ2v) is 18.7. The first kappa shape index (κ1) is 33.1. The third-order valence-corrected chi connectivity index (χ3v) is 15.4. The standard InChI is InChI=1S/C40H44N2O6Si/c1-26-38(49(4,5)32-17-14-30(46-2)15-18-32)36(21-22-43)48-40(26)33-24-31(47-3)16-19-35(33)41(39(40)45)25-27-9-8-11-29(23-27)42-34-12-7-6-10-28(34)13-20-37(42)44/h6-12,14-19,23-24,26,36,38,43H,13,20-22,25H2,1-5H3/t26-,36+,38-,40+/m1/s1. The molecule has 0 aliphatic carbocycles. The molecule has 0 saturated carbocycles. The summed E-state index contributed by atoms with van der Waals surface area (Å²) in [5, 5.41) is 11.5. The van der Waals surface area contributed by atoms with Crippen molar-refractivity contribution in [2.24, 2.45) is 5.92 Å². The van der Waals surface area contributed by atoms with E-state index in [2.05, 4.69) is 38.2 Å². The molecular weight excluding hydrogens is 633 g/mol. The Morgan fingerprint density at radius 2 is 1.61 bits per heavy atom. The molecule has 1 fully saturated rings. The maximum absolute atomic E-state index is 15.1. The number of methoxy groups -OCH3 is 2. The van der Waals surface area contributed by atoms with Crippen LogP contribution in [0.1, 0.15) is 36.5 Å². The minimum atomic E-state index is -2.30. The zero-order valence-corrected chi connectivity index (χ0v) is 29.8. The van der Waals surface area contributed by atoms with E-state index >= 15 is 4.79 Å². The maximum atomic E-state index is 15.1. The fraction of sp³-hybridized carbons (Fsp3) is 0.350. The largest absolute Gasteiger partial charge is 0.497 e. The number of aliphatic hydroxyl groups excluding tert-OH is 1. The highest BCUT2D eigenvalue weighted by molar-refractivity contribution is 6.91. The van der Waals surface area contributed by atoms with Crippen LogP contribution in [-0.2, 0) is 32.9 Å². The van der Waals surface area contributed by atoms with Gasteiger partial charge in [0.25, 0.3) is 5.91 Å². The van der Waals surface area contributed by atoms with Crippen molar-refractivity contribution in [3.05, 3.63) is 108 Å². The zero-order chi connectivity index (χ0) is 34.5. The van der Waals surface area contributed by atoms with E-state index in [0.717, 1.165) is 45.9 Å². The Balaban J connectivity index is 1.28. The van der Waals surface area contributed by atoms with Gasteiger partial charge in [0.2, 0.25) is 5.91 Å². The normalized spacial score (nSPS) is 23.2. The van der Waals surface area contributed by atoms with Gasteiger partial charge in [0, 0.05) is 30.2 Å². The first-order valence-electron chi connectivity index (χ1n) is 17.1. The lowest BCUT2D eigenvalue weighted by Crippen LogP contribution is -2.51. The highest BCUT2D eigenvalue weighted by Gasteiger charge is 2.66. The van der Waals surface area contributed by atoms with Gasteiger partial charge in [-0.25, -0.2) is 0 Å². The van der Waals surface area contributed by atoms with Gasteiger partial charge in [0.05, 0.1) is 46.3 Å². The van der Waals surface area contributed by atoms with E-state index in [9.17, 15) is 9.90 Å². The van der Waals surface area contributed by atoms with Crippen LogP contribution in [-0.4, -0.2) is 51.9 Å². The molecule has 1 saturated heterocycles. The smallest absolute Gasteiger partial charge is 0.264 e. The van der Waals surface area contributed by atoms with Crippen molar-refractivity contribution < 1.29 is 28.9 Å². The lowest BCUT2D eigenvalue weighted by Gasteiger charge is -2.37. The van der Waals surface area contributed by atoms with E-state index in [1.54, 1.807) is 19.1 Å². The summed E-state index contributed by atoms with van der Waals surface area (Å²) in [6, 6.07) is 30.0. The highest BCUT2D eigenvalue weighted by Crippen LogP contribution is 2.60. The molecule has 3 aliphatic heterocycles. The summed E-state index contributed by atoms with van der Waals surface area (Å²) >= 11 is 0. The van der Waals surface area contributed by atoms with E-state index in [1.165, 1.54) is 5.19 Å². The Bertz CT molecular complexity index is 1890. The number of carbonyl (C=O) groups excluding carboxylic acids is 2. The number of benzene rings is 4. The summed E-state index contributed by atoms with van der Waals surface area (Å²) in [4.78, 5) is 31.9. The van der Waals surface area contributed by atoms with Gasteiger partial charge in [-0.15, -0.1) is 0 Å². The van der Waals surface area contributed by atoms with Crippen molar-refractivity contribution in [1.82, 2.24) is 0 Å². The number of fused-ring (bicyclic) bond motifs is 3. The molecule has 0 aromatic heterocycles. The molecule has 1 spiro atoms. The molecule has 254 valence electrons. The molecule has 1 N–H and O–H groups in total. The van der Waals surface area contributed by atoms with Crippen LogP contribution in [0, 0.1) is 5.92 Å². The van der Waals surface area contributed by atoms with Crippen molar-refractivity contribution in [2.45, 2.75) is 63.1 Å². The van der Waals surface area contributed by atoms with Crippen LogP contribution in [0.2, 0.25) is 18.6 Å². The van der Waals surface area contributed by atoms with Crippen LogP contribution in [0.25, 0.3) is 0 Å². The number of ether oxygens (including phenoxy) is 3. The number of anilines is 3. The summed E-state index contributed by atoms with van der Waals surface area (Å²) < 4.78 is 18.2. The average molecular weight is 677 g/mol. The monoisotopic (exact) mass is 676 g/mol. The van der Waals surface area contributed by atoms with E-state index < -0.39 is 13.7 Å². The number of nitrogens with zero attached hydrogens (tertiary/aromatic N) is 2. The number of hydrogen-bond donors (Lipinski definition) is 1. The predicted molar refractivity (Wildman–Crippen MR) is 194 cm³/mol. The van der Waals surface area contributed by atoms with E-state index in [0.29, 0.717) is 25.1 Å². The highest BCUT2D eigenvalue weighted by atomic mass is 28.3. The predicted octanol–water partition coefficient (Wildman–Crippen LogP) is 6.46. The second kappa shape index (κ2) is 12.8. The lowest BCUT2D eigenvalue weighted by atomic mass is 9.82. The SMILES string of the molecule is COc1ccc([Si](C)(C)[C@H]2[C@H](CCO)O[C@@]3(C(=O)N(Cc4cccc(N5C(=O)CCc6ccccc65)c4)c4ccc(OC)cc43)[C@@H]2C)cc1. The molecule has 4 aromatic carbocycles. The quantitative estimate of drug-likeness (QED) is 0.205. The van der Waals surface area contributed by atoms with E-state index in [-0.39, 0.29) is 36.0 Å². The second-order valence-electron chi connectivity index (χ2n) is 14.0. The molecule has 3 aliphatic rings. The molecule has 49 heavy (non-hydrogen) atoms. The number of aliphatic hydroxyl groups is 1. The van der Waals surface area contributed by atoms with Crippen LogP contribution in [0.15, 0.2) is 91.0 Å². The summed E-state index contributed by atoms with van der Waals surface area (Å²) in [7, 11) is 0.992. The number of amides is 2. The molecule has 4 atom stereocenters. The van der Waals surface area contributed by atoms with Gasteiger partial charge < -0.3 is 24.2 Å². The third kappa shape index (κ3) is 5.35. The van der Waals surface area contributed by atoms with Gasteiger partial charge in [-0.05, 0) is 78.0 Å². The van der Waals surface area contributed by atoms with Crippen molar-refractivity contribution >= 4 is 42.1 Å². The van der Waals surface area contributed by atoms with Crippen LogP contribution in [0.5, 0.6) is 11.5 Å². The Labute approximate surface area is 289 Å². The van der Waals surface area contributed by atoms with Crippen molar-refractivity contribution in [3.63, 3.8) is 0 Å². The summed E-state index contributed by atoms with van der Waals surface area (Å²) in [6.07, 6.45) is 1.29. The fourth-order valence-corrected chi connectivity index (χ4v) is 12.7. The Morgan fingerprint density at radius 1 is 0.878 bits per heavy atom. The summed E-state index contributed by atoms with van der Waals surface area (Å²) in [5.74, 6) is 1.21. The van der Waals surface area contributed by atoms with Crippen molar-refractivity contribution in [3.8, 4) is 11.5 Å². The van der Waals surface area contributed by atoms with Crippen LogP contribution >= 0.6 is 0 Å². The summed E-state index contributed by atoms with van der Waals surface area (Å²) in [5.41, 5.74) is 4.11. The molecule has 0 bridgehead atoms. The topological polar surface area (TPSA) is 88.5 Å². The summed E-state index contributed by atoms with van der Waals surface area (Å²) in [6.45, 7) is 7.08. The number of aryl methyl sites for hydroxylation is 1. The maximum Gasteiger partial charge on any atom is 0.264 e. The number of rotatable bonds is 9. The van der Waals surface area contributed by atoms with Gasteiger partial charge >= 0.3 is 0 Å². The van der Waals surface area contributed by atoms with Crippen molar-refractivity contribution in [2.75, 3.05) is 30.6 Å². The van der Waals surface area contributed by atoms with Gasteiger partial charge in [-0.2, -0.15) is 0 Å². The number of carbonyl (C=O) groups is 2. The Morgan fingerprint density at radius 3 is 2.35 bits per heavy atom. The van der Waals surface area contributed by atoms with Crippen LogP contribution < -0.4 is 24.5 Å². The number of hydrogen-bond acceptors (Lipinski definition) is 6. The molecule has 8 nitrogen and oxygen atoms in total. The van der Waals surface area contributed by atoms with Crippen LogP contribution in [0.4, 0.5) is 17.1 Å². The third-order valence-electron chi connectivity index (χ3n) is 11.1. The molecule has 7 rings (SSSR count). The molecular formula is C40H44N2O6Si. The zero-order valence-electron chi connectivity index (χ0n) is 28.8. The molecule has 0 unspecified atom stereocenters. The van der Waals surface area contributed by atoms with Gasteiger partial charge in [0.15, 0.2) is 5.60 Å². The number of para-hydroxylation sites is 1. The Kier molecular flexibility index (Phi) is 8.63. The fourth-order valence-electron chi connectivity index (χ4n) is 8.66. The average Bonchev–Trinajstić information content (AvgIpc) is 3.54. The minimum Gasteiger partial charge on any atom is -0.497 e. The van der Waals surface area contributed by atoms with E-state index in [1.807, 2.05) is 77.7 Å². The van der Waals surface area contributed by atoms with Gasteiger partial charge in [-0.1, -0.05) is 67.7 Å². The van der Waals surface area contributed by atoms with E-state index in [4.69, 9.17) is 14.2 Å². The minimum absolute atomic E-state index is 0.0319. The molecule has 3 heterocycles. The first-order chi connectivity index (χ1) is 23.6. The molecule has 4 aromatic rings. The Hall–Kier alpha value is -4.44. The van der Waals surface area contributed by atoms with Crippen molar-refractivity contribution in [1.29, 1.82) is 0 Å². The van der Waals surface area contributed by atoms with Gasteiger partial charge in [0.1, 0.15) is 11.5 Å². The molecule has 9 heteroatoms. The molecule has 2 amide bonds. The van der Waals surface area contributed by atoms with Gasteiger partial charge in [-0.3, -0.25) is 14.5 Å².